The minimum atomic E-state index is -0.430. The van der Waals surface area contributed by atoms with Crippen molar-refractivity contribution >= 4 is 23.5 Å². The third-order valence-corrected chi connectivity index (χ3v) is 3.52. The summed E-state index contributed by atoms with van der Waals surface area (Å²) in [5.74, 6) is -0.610. The van der Waals surface area contributed by atoms with Crippen LogP contribution < -0.4 is 4.74 Å². The van der Waals surface area contributed by atoms with Crippen LogP contribution in [0.3, 0.4) is 0 Å². The van der Waals surface area contributed by atoms with Crippen molar-refractivity contribution in [2.24, 2.45) is 5.92 Å². The second kappa shape index (κ2) is 10.1. The van der Waals surface area contributed by atoms with E-state index in [0.717, 1.165) is 0 Å². The summed E-state index contributed by atoms with van der Waals surface area (Å²) in [6, 6.07) is 6.92. The molecule has 0 heterocycles. The number of ether oxygens (including phenoxy) is 3. The number of hydrogen-bond acceptors (Lipinski definition) is 5. The second-order valence-corrected chi connectivity index (χ2v) is 5.38. The predicted octanol–water partition coefficient (Wildman–Crippen LogP) is 2.00. The fourth-order valence-electron chi connectivity index (χ4n) is 1.92. The second-order valence-electron chi connectivity index (χ2n) is 4.98. The monoisotopic (exact) mass is 343 g/mol. The summed E-state index contributed by atoms with van der Waals surface area (Å²) in [4.78, 5) is 25.4. The lowest BCUT2D eigenvalue weighted by molar-refractivity contribution is -0.146. The highest BCUT2D eigenvalue weighted by atomic mass is 35.5. The van der Waals surface area contributed by atoms with Crippen LogP contribution in [-0.2, 0) is 19.1 Å². The molecule has 0 radical (unpaired) electrons. The molecule has 6 nitrogen and oxygen atoms in total. The van der Waals surface area contributed by atoms with Gasteiger partial charge in [0.25, 0.3) is 5.91 Å². The SMILES string of the molecule is COCCN(CC(C)C(=O)OC)C(=O)COc1ccccc1Cl. The lowest BCUT2D eigenvalue weighted by Gasteiger charge is -2.25. The van der Waals surface area contributed by atoms with Gasteiger partial charge in [-0.1, -0.05) is 30.7 Å². The summed E-state index contributed by atoms with van der Waals surface area (Å²) < 4.78 is 15.1. The first-order valence-electron chi connectivity index (χ1n) is 7.21. The van der Waals surface area contributed by atoms with E-state index in [0.29, 0.717) is 23.9 Å². The summed E-state index contributed by atoms with van der Waals surface area (Å²) in [7, 11) is 2.87. The molecule has 0 aliphatic heterocycles. The van der Waals surface area contributed by atoms with E-state index in [-0.39, 0.29) is 25.0 Å². The fourth-order valence-corrected chi connectivity index (χ4v) is 2.11. The Kier molecular flexibility index (Phi) is 8.43. The number of rotatable bonds is 9. The molecule has 0 fully saturated rings. The van der Waals surface area contributed by atoms with Crippen LogP contribution in [0.2, 0.25) is 5.02 Å². The maximum Gasteiger partial charge on any atom is 0.310 e. The zero-order chi connectivity index (χ0) is 17.2. The Morgan fingerprint density at radius 1 is 1.26 bits per heavy atom. The zero-order valence-electron chi connectivity index (χ0n) is 13.6. The predicted molar refractivity (Wildman–Crippen MR) is 86.6 cm³/mol. The highest BCUT2D eigenvalue weighted by Crippen LogP contribution is 2.23. The molecule has 0 saturated heterocycles. The molecule has 7 heteroatoms. The Hall–Kier alpha value is -1.79. The minimum absolute atomic E-state index is 0.165. The van der Waals surface area contributed by atoms with Crippen LogP contribution in [0.1, 0.15) is 6.92 Å². The summed E-state index contributed by atoms with van der Waals surface area (Å²) in [6.45, 7) is 2.50. The lowest BCUT2D eigenvalue weighted by atomic mass is 10.1. The molecule has 0 N–H and O–H groups in total. The molecule has 23 heavy (non-hydrogen) atoms. The molecular formula is C16H22ClNO5. The van der Waals surface area contributed by atoms with Crippen molar-refractivity contribution in [2.75, 3.05) is 40.5 Å². The topological polar surface area (TPSA) is 65.1 Å². The highest BCUT2D eigenvalue weighted by Gasteiger charge is 2.21. The van der Waals surface area contributed by atoms with E-state index < -0.39 is 5.92 Å². The molecule has 1 aromatic rings. The molecule has 0 bridgehead atoms. The number of methoxy groups -OCH3 is 2. The number of carbonyl (C=O) groups excluding carboxylic acids is 2. The molecule has 0 spiro atoms. The Morgan fingerprint density at radius 2 is 1.96 bits per heavy atom. The van der Waals surface area contributed by atoms with Crippen molar-refractivity contribution in [3.63, 3.8) is 0 Å². The maximum absolute atomic E-state index is 12.3. The minimum Gasteiger partial charge on any atom is -0.482 e. The van der Waals surface area contributed by atoms with E-state index in [1.54, 1.807) is 38.3 Å². The van der Waals surface area contributed by atoms with Gasteiger partial charge in [-0.3, -0.25) is 9.59 Å². The molecule has 0 saturated carbocycles. The number of para-hydroxylation sites is 1. The van der Waals surface area contributed by atoms with Crippen molar-refractivity contribution in [3.05, 3.63) is 29.3 Å². The molecule has 1 atom stereocenters. The zero-order valence-corrected chi connectivity index (χ0v) is 14.3. The first-order chi connectivity index (χ1) is 11.0. The molecule has 0 aromatic heterocycles. The number of halogens is 1. The van der Waals surface area contributed by atoms with Crippen molar-refractivity contribution in [3.8, 4) is 5.75 Å². The Labute approximate surface area is 141 Å². The molecule has 1 unspecified atom stereocenters. The molecule has 1 rings (SSSR count). The smallest absolute Gasteiger partial charge is 0.310 e. The molecule has 0 aliphatic rings. The van der Waals surface area contributed by atoms with Gasteiger partial charge in [0, 0.05) is 20.2 Å². The van der Waals surface area contributed by atoms with E-state index in [4.69, 9.17) is 21.1 Å². The summed E-state index contributed by atoms with van der Waals surface area (Å²) in [5, 5.41) is 0.437. The quantitative estimate of drug-likeness (QED) is 0.642. The standard InChI is InChI=1S/C16H22ClNO5/c1-12(16(20)22-3)10-18(8-9-21-2)15(19)11-23-14-7-5-4-6-13(14)17/h4-7,12H,8-11H2,1-3H3. The van der Waals surface area contributed by atoms with E-state index in [2.05, 4.69) is 4.74 Å². The average molecular weight is 344 g/mol. The maximum atomic E-state index is 12.3. The number of nitrogens with zero attached hydrogens (tertiary/aromatic N) is 1. The van der Waals surface area contributed by atoms with Gasteiger partial charge < -0.3 is 19.1 Å². The summed E-state index contributed by atoms with van der Waals surface area (Å²) in [5.41, 5.74) is 0. The lowest BCUT2D eigenvalue weighted by Crippen LogP contribution is -2.41. The van der Waals surface area contributed by atoms with E-state index in [9.17, 15) is 9.59 Å². The fraction of sp³-hybridized carbons (Fsp3) is 0.500. The molecular weight excluding hydrogens is 322 g/mol. The van der Waals surface area contributed by atoms with Crippen LogP contribution in [0.4, 0.5) is 0 Å². The normalized spacial score (nSPS) is 11.7. The van der Waals surface area contributed by atoms with Crippen LogP contribution in [0.5, 0.6) is 5.75 Å². The van der Waals surface area contributed by atoms with Crippen molar-refractivity contribution < 1.29 is 23.8 Å². The van der Waals surface area contributed by atoms with Gasteiger partial charge in [-0.2, -0.15) is 0 Å². The van der Waals surface area contributed by atoms with Crippen molar-refractivity contribution in [1.29, 1.82) is 0 Å². The van der Waals surface area contributed by atoms with Crippen LogP contribution in [0, 0.1) is 5.92 Å². The van der Waals surface area contributed by atoms with Crippen LogP contribution in [-0.4, -0.2) is 57.3 Å². The summed E-state index contributed by atoms with van der Waals surface area (Å²) >= 11 is 5.98. The third kappa shape index (κ3) is 6.46. The van der Waals surface area contributed by atoms with Crippen molar-refractivity contribution in [2.45, 2.75) is 6.92 Å². The largest absolute Gasteiger partial charge is 0.482 e. The Morgan fingerprint density at radius 3 is 2.57 bits per heavy atom. The van der Waals surface area contributed by atoms with E-state index >= 15 is 0 Å². The van der Waals surface area contributed by atoms with E-state index in [1.807, 2.05) is 0 Å². The number of esters is 1. The van der Waals surface area contributed by atoms with Gasteiger partial charge in [0.1, 0.15) is 5.75 Å². The average Bonchev–Trinajstić information content (AvgIpc) is 2.56. The van der Waals surface area contributed by atoms with Gasteiger partial charge in [0.2, 0.25) is 0 Å². The number of benzene rings is 1. The van der Waals surface area contributed by atoms with Gasteiger partial charge in [-0.15, -0.1) is 0 Å². The first kappa shape index (κ1) is 19.3. The first-order valence-corrected chi connectivity index (χ1v) is 7.59. The summed E-state index contributed by atoms with van der Waals surface area (Å²) in [6.07, 6.45) is 0. The van der Waals surface area contributed by atoms with Gasteiger partial charge in [0.15, 0.2) is 6.61 Å². The van der Waals surface area contributed by atoms with Crippen molar-refractivity contribution in [1.82, 2.24) is 4.90 Å². The molecule has 128 valence electrons. The number of hydrogen-bond donors (Lipinski definition) is 0. The number of amides is 1. The van der Waals surface area contributed by atoms with Gasteiger partial charge in [-0.05, 0) is 12.1 Å². The highest BCUT2D eigenvalue weighted by molar-refractivity contribution is 6.32. The third-order valence-electron chi connectivity index (χ3n) is 3.20. The van der Waals surface area contributed by atoms with Crippen LogP contribution >= 0.6 is 11.6 Å². The van der Waals surface area contributed by atoms with Crippen LogP contribution in [0.15, 0.2) is 24.3 Å². The van der Waals surface area contributed by atoms with Gasteiger partial charge in [-0.25, -0.2) is 0 Å². The van der Waals surface area contributed by atoms with Gasteiger partial charge >= 0.3 is 5.97 Å². The molecule has 1 amide bonds. The van der Waals surface area contributed by atoms with Gasteiger partial charge in [0.05, 0.1) is 24.7 Å². The molecule has 1 aromatic carbocycles. The Bertz CT molecular complexity index is 523. The number of carbonyl (C=O) groups is 2. The van der Waals surface area contributed by atoms with Crippen LogP contribution in [0.25, 0.3) is 0 Å². The Balaban J connectivity index is 2.64. The molecule has 0 aliphatic carbocycles. The van der Waals surface area contributed by atoms with E-state index in [1.165, 1.54) is 12.0 Å².